The Morgan fingerprint density at radius 2 is 2.17 bits per heavy atom. The van der Waals surface area contributed by atoms with Gasteiger partial charge in [-0.2, -0.15) is 5.10 Å². The van der Waals surface area contributed by atoms with E-state index in [1.54, 1.807) is 7.11 Å². The first kappa shape index (κ1) is 13.4. The zero-order valence-electron chi connectivity index (χ0n) is 11.2. The molecule has 1 aromatic heterocycles. The summed E-state index contributed by atoms with van der Waals surface area (Å²) in [4.78, 5) is 2.54. The average Bonchev–Trinajstić information content (AvgIpc) is 2.78. The number of anilines is 1. The Labute approximate surface area is 109 Å². The molecule has 5 heteroatoms. The highest BCUT2D eigenvalue weighted by Crippen LogP contribution is 2.17. The summed E-state index contributed by atoms with van der Waals surface area (Å²) in [5.74, 6) is 1.37. The van der Waals surface area contributed by atoms with Gasteiger partial charge in [-0.1, -0.05) is 0 Å². The smallest absolute Gasteiger partial charge is 0.145 e. The molecule has 102 valence electrons. The Morgan fingerprint density at radius 3 is 2.78 bits per heavy atom. The van der Waals surface area contributed by atoms with E-state index in [1.165, 1.54) is 25.9 Å². The number of methoxy groups -OCH3 is 1. The second-order valence-electron chi connectivity index (χ2n) is 5.10. The molecule has 2 N–H and O–H groups in total. The third kappa shape index (κ3) is 3.99. The Kier molecular flexibility index (Phi) is 5.01. The predicted molar refractivity (Wildman–Crippen MR) is 72.3 cm³/mol. The van der Waals surface area contributed by atoms with Crippen molar-refractivity contribution >= 4 is 5.82 Å². The zero-order chi connectivity index (χ0) is 12.8. The summed E-state index contributed by atoms with van der Waals surface area (Å²) in [7, 11) is 1.79. The molecule has 1 aromatic rings. The summed E-state index contributed by atoms with van der Waals surface area (Å²) < 4.78 is 7.14. The number of piperidine rings is 1. The number of ether oxygens (including phenoxy) is 1. The molecule has 0 saturated carbocycles. The van der Waals surface area contributed by atoms with Crippen LogP contribution in [0.3, 0.4) is 0 Å². The van der Waals surface area contributed by atoms with Crippen molar-refractivity contribution in [3.8, 4) is 0 Å². The van der Waals surface area contributed by atoms with Crippen molar-refractivity contribution in [2.75, 3.05) is 39.1 Å². The minimum Gasteiger partial charge on any atom is -0.384 e. The second-order valence-corrected chi connectivity index (χ2v) is 5.10. The van der Waals surface area contributed by atoms with Gasteiger partial charge in [0.1, 0.15) is 5.82 Å². The van der Waals surface area contributed by atoms with Gasteiger partial charge in [0.15, 0.2) is 0 Å². The molecule has 0 aliphatic carbocycles. The highest BCUT2D eigenvalue weighted by molar-refractivity contribution is 5.23. The van der Waals surface area contributed by atoms with E-state index in [2.05, 4.69) is 10.00 Å². The molecular weight excluding hydrogens is 228 g/mol. The highest BCUT2D eigenvalue weighted by Gasteiger charge is 2.18. The second kappa shape index (κ2) is 6.75. The number of likely N-dealkylation sites (tertiary alicyclic amines) is 1. The lowest BCUT2D eigenvalue weighted by Crippen LogP contribution is -2.35. The molecular formula is C13H24N4O. The summed E-state index contributed by atoms with van der Waals surface area (Å²) >= 11 is 0. The van der Waals surface area contributed by atoms with E-state index in [-0.39, 0.29) is 0 Å². The first-order valence-corrected chi connectivity index (χ1v) is 6.78. The summed E-state index contributed by atoms with van der Waals surface area (Å²) in [6.07, 6.45) is 5.61. The number of rotatable bonds is 6. The summed E-state index contributed by atoms with van der Waals surface area (Å²) in [5, 5.41) is 4.19. The van der Waals surface area contributed by atoms with E-state index in [1.807, 2.05) is 16.9 Å². The van der Waals surface area contributed by atoms with E-state index < -0.39 is 0 Å². The van der Waals surface area contributed by atoms with Gasteiger partial charge in [0.25, 0.3) is 0 Å². The van der Waals surface area contributed by atoms with Crippen LogP contribution in [0.5, 0.6) is 0 Å². The molecule has 1 aliphatic rings. The predicted octanol–water partition coefficient (Wildman–Crippen LogP) is 1.21. The number of aromatic nitrogens is 2. The van der Waals surface area contributed by atoms with Crippen molar-refractivity contribution in [1.82, 2.24) is 14.7 Å². The lowest BCUT2D eigenvalue weighted by atomic mass is 9.98. The molecule has 0 spiro atoms. The van der Waals surface area contributed by atoms with Gasteiger partial charge in [-0.3, -0.25) is 4.68 Å². The molecule has 2 heterocycles. The number of nitrogens with zero attached hydrogens (tertiary/aromatic N) is 3. The molecule has 2 rings (SSSR count). The quantitative estimate of drug-likeness (QED) is 0.827. The van der Waals surface area contributed by atoms with Crippen molar-refractivity contribution < 1.29 is 4.74 Å². The third-order valence-corrected chi connectivity index (χ3v) is 3.63. The minimum absolute atomic E-state index is 0.607. The summed E-state index contributed by atoms with van der Waals surface area (Å²) in [5.41, 5.74) is 5.58. The van der Waals surface area contributed by atoms with Gasteiger partial charge in [0, 0.05) is 26.5 Å². The van der Waals surface area contributed by atoms with E-state index in [4.69, 9.17) is 10.5 Å². The van der Waals surface area contributed by atoms with Crippen LogP contribution in [0.15, 0.2) is 12.3 Å². The Hall–Kier alpha value is -1.07. The molecule has 0 bridgehead atoms. The van der Waals surface area contributed by atoms with Gasteiger partial charge in [-0.25, -0.2) is 0 Å². The molecule has 0 atom stereocenters. The van der Waals surface area contributed by atoms with Crippen molar-refractivity contribution in [1.29, 1.82) is 0 Å². The summed E-state index contributed by atoms with van der Waals surface area (Å²) in [6, 6.07) is 1.84. The molecule has 1 fully saturated rings. The standard InChI is InChI=1S/C13H24N4O/c1-18-11-12-3-8-16(9-4-12)6-2-7-17-10-5-13(14)15-17/h5,10,12H,2-4,6-9,11H2,1H3,(H2,14,15). The van der Waals surface area contributed by atoms with Crippen LogP contribution in [0.1, 0.15) is 19.3 Å². The van der Waals surface area contributed by atoms with Crippen molar-refractivity contribution in [2.45, 2.75) is 25.8 Å². The van der Waals surface area contributed by atoms with Gasteiger partial charge < -0.3 is 15.4 Å². The van der Waals surface area contributed by atoms with Crippen LogP contribution < -0.4 is 5.73 Å². The van der Waals surface area contributed by atoms with Crippen molar-refractivity contribution in [3.05, 3.63) is 12.3 Å². The molecule has 5 nitrogen and oxygen atoms in total. The fourth-order valence-electron chi connectivity index (χ4n) is 2.57. The molecule has 1 aliphatic heterocycles. The van der Waals surface area contributed by atoms with E-state index in [9.17, 15) is 0 Å². The van der Waals surface area contributed by atoms with Crippen LogP contribution in [-0.2, 0) is 11.3 Å². The lowest BCUT2D eigenvalue weighted by molar-refractivity contribution is 0.0985. The van der Waals surface area contributed by atoms with E-state index in [0.717, 1.165) is 32.0 Å². The number of hydrogen-bond acceptors (Lipinski definition) is 4. The Balaban J connectivity index is 1.60. The fourth-order valence-corrected chi connectivity index (χ4v) is 2.57. The van der Waals surface area contributed by atoms with Gasteiger partial charge >= 0.3 is 0 Å². The highest BCUT2D eigenvalue weighted by atomic mass is 16.5. The van der Waals surface area contributed by atoms with Crippen LogP contribution in [0.2, 0.25) is 0 Å². The number of hydrogen-bond donors (Lipinski definition) is 1. The molecule has 0 unspecified atom stereocenters. The van der Waals surface area contributed by atoms with Crippen molar-refractivity contribution in [3.63, 3.8) is 0 Å². The SMILES string of the molecule is COCC1CCN(CCCn2ccc(N)n2)CC1. The first-order chi connectivity index (χ1) is 8.78. The number of nitrogens with two attached hydrogens (primary N) is 1. The monoisotopic (exact) mass is 252 g/mol. The van der Waals surface area contributed by atoms with E-state index in [0.29, 0.717) is 5.82 Å². The van der Waals surface area contributed by atoms with Crippen LogP contribution >= 0.6 is 0 Å². The van der Waals surface area contributed by atoms with Gasteiger partial charge in [-0.15, -0.1) is 0 Å². The number of nitrogen functional groups attached to an aromatic ring is 1. The Bertz CT molecular complexity index is 345. The van der Waals surface area contributed by atoms with Crippen LogP contribution in [0.4, 0.5) is 5.82 Å². The third-order valence-electron chi connectivity index (χ3n) is 3.63. The fraction of sp³-hybridized carbons (Fsp3) is 0.769. The van der Waals surface area contributed by atoms with Gasteiger partial charge in [-0.05, 0) is 50.9 Å². The van der Waals surface area contributed by atoms with Crippen LogP contribution in [-0.4, -0.2) is 48.0 Å². The zero-order valence-corrected chi connectivity index (χ0v) is 11.2. The minimum atomic E-state index is 0.607. The van der Waals surface area contributed by atoms with Gasteiger partial charge in [0.05, 0.1) is 0 Å². The molecule has 1 saturated heterocycles. The van der Waals surface area contributed by atoms with Crippen molar-refractivity contribution in [2.24, 2.45) is 5.92 Å². The maximum Gasteiger partial charge on any atom is 0.145 e. The Morgan fingerprint density at radius 1 is 1.39 bits per heavy atom. The maximum absolute atomic E-state index is 5.58. The number of aryl methyl sites for hydroxylation is 1. The normalized spacial score (nSPS) is 18.3. The van der Waals surface area contributed by atoms with E-state index >= 15 is 0 Å². The van der Waals surface area contributed by atoms with Gasteiger partial charge in [0.2, 0.25) is 0 Å². The molecule has 0 aromatic carbocycles. The molecule has 18 heavy (non-hydrogen) atoms. The topological polar surface area (TPSA) is 56.3 Å². The molecule has 0 amide bonds. The molecule has 0 radical (unpaired) electrons. The van der Waals surface area contributed by atoms with Crippen LogP contribution in [0.25, 0.3) is 0 Å². The summed E-state index contributed by atoms with van der Waals surface area (Å²) in [6.45, 7) is 5.43. The largest absolute Gasteiger partial charge is 0.384 e. The lowest BCUT2D eigenvalue weighted by Gasteiger charge is -2.31. The average molecular weight is 252 g/mol. The first-order valence-electron chi connectivity index (χ1n) is 6.78. The maximum atomic E-state index is 5.58. The van der Waals surface area contributed by atoms with Crippen LogP contribution in [0, 0.1) is 5.92 Å².